The Labute approximate surface area is 187 Å². The topological polar surface area (TPSA) is 70.5 Å². The summed E-state index contributed by atoms with van der Waals surface area (Å²) in [6.07, 6.45) is 5.06. The van der Waals surface area contributed by atoms with Crippen molar-refractivity contribution >= 4 is 22.7 Å². The number of hydrogen-bond acceptors (Lipinski definition) is 5. The van der Waals surface area contributed by atoms with E-state index in [4.69, 9.17) is 0 Å². The Bertz CT molecular complexity index is 1010. The molecule has 4 heterocycles. The second-order valence-corrected chi connectivity index (χ2v) is 9.72. The first-order chi connectivity index (χ1) is 15.5. The summed E-state index contributed by atoms with van der Waals surface area (Å²) in [5, 5.41) is 9.06. The predicted molar refractivity (Wildman–Crippen MR) is 120 cm³/mol. The number of halogens is 1. The van der Waals surface area contributed by atoms with Gasteiger partial charge in [-0.2, -0.15) is 5.10 Å². The maximum absolute atomic E-state index is 13.2. The Balaban J connectivity index is 1.25. The maximum atomic E-state index is 13.2. The zero-order valence-electron chi connectivity index (χ0n) is 18.7. The molecule has 3 fully saturated rings. The summed E-state index contributed by atoms with van der Waals surface area (Å²) in [7, 11) is 1.92. The number of nitrogens with zero attached hydrogens (tertiary/aromatic N) is 4. The molecule has 7 nitrogen and oxygen atoms in total. The van der Waals surface area contributed by atoms with Gasteiger partial charge in [0.25, 0.3) is 0 Å². The van der Waals surface area contributed by atoms with Gasteiger partial charge in [0.15, 0.2) is 0 Å². The Kier molecular flexibility index (Phi) is 5.99. The van der Waals surface area contributed by atoms with Crippen molar-refractivity contribution in [2.24, 2.45) is 13.0 Å². The molecule has 5 rings (SSSR count). The highest BCUT2D eigenvalue weighted by Gasteiger charge is 2.32. The van der Waals surface area contributed by atoms with Crippen LogP contribution in [0, 0.1) is 5.92 Å². The molecule has 0 aliphatic carbocycles. The first-order valence-electron chi connectivity index (χ1n) is 11.9. The molecule has 172 valence electrons. The number of imide groups is 1. The lowest BCUT2D eigenvalue weighted by Gasteiger charge is -2.36. The largest absolute Gasteiger partial charge is 0.303 e. The number of carbonyl (C=O) groups is 2. The van der Waals surface area contributed by atoms with Crippen LogP contribution < -0.4 is 5.32 Å². The van der Waals surface area contributed by atoms with Gasteiger partial charge in [-0.15, -0.1) is 9.60 Å². The molecule has 8 heteroatoms. The van der Waals surface area contributed by atoms with E-state index in [1.807, 2.05) is 11.7 Å². The minimum atomic E-state index is -0.366. The lowest BCUT2D eigenvalue weighted by Crippen LogP contribution is -2.39. The van der Waals surface area contributed by atoms with Gasteiger partial charge in [0, 0.05) is 38.5 Å². The van der Waals surface area contributed by atoms with E-state index < -0.39 is 0 Å². The molecule has 3 aliphatic heterocycles. The van der Waals surface area contributed by atoms with E-state index in [1.165, 1.54) is 5.56 Å². The van der Waals surface area contributed by atoms with Gasteiger partial charge in [0.2, 0.25) is 11.8 Å². The van der Waals surface area contributed by atoms with Gasteiger partial charge >= 0.3 is 0 Å². The average Bonchev–Trinajstić information content (AvgIpc) is 3.11. The molecular weight excluding hydrogens is 409 g/mol. The summed E-state index contributed by atoms with van der Waals surface area (Å²) < 4.78 is 15.1. The second kappa shape index (κ2) is 8.90. The van der Waals surface area contributed by atoms with Gasteiger partial charge in [-0.3, -0.25) is 19.6 Å². The number of likely N-dealkylation sites (tertiary alicyclic amines) is 1. The van der Waals surface area contributed by atoms with Crippen LogP contribution in [0.3, 0.4) is 0 Å². The van der Waals surface area contributed by atoms with Crippen molar-refractivity contribution in [3.05, 3.63) is 29.5 Å². The van der Waals surface area contributed by atoms with Crippen molar-refractivity contribution in [3.8, 4) is 0 Å². The van der Waals surface area contributed by atoms with Crippen LogP contribution in [-0.2, 0) is 16.6 Å². The van der Waals surface area contributed by atoms with Crippen LogP contribution in [0.1, 0.15) is 61.6 Å². The van der Waals surface area contributed by atoms with E-state index in [0.717, 1.165) is 67.0 Å². The number of hydrogen-bond donors (Lipinski definition) is 1. The highest BCUT2D eigenvalue weighted by Crippen LogP contribution is 2.34. The molecule has 0 bridgehead atoms. The van der Waals surface area contributed by atoms with E-state index in [-0.39, 0.29) is 17.7 Å². The smallest absolute Gasteiger partial charge is 0.235 e. The maximum Gasteiger partial charge on any atom is 0.235 e. The minimum Gasteiger partial charge on any atom is -0.303 e. The summed E-state index contributed by atoms with van der Waals surface area (Å²) >= 11 is 0. The number of nitrogens with one attached hydrogen (secondary N) is 1. The summed E-state index contributed by atoms with van der Waals surface area (Å²) in [6, 6.07) is 6.53. The third kappa shape index (κ3) is 4.30. The molecule has 1 unspecified atom stereocenters. The molecule has 2 aromatic rings. The molecule has 2 amide bonds. The number of amides is 2. The number of benzene rings is 1. The standard InChI is InChI=1S/C24H32FN5O2/c1-28-21-14-18(2-3-19(21)23(27-28)20-4-5-22(31)26-24(20)32)17-8-10-29(11-9-17)15-16-6-12-30(25)13-7-16/h2-3,14,16-17,20H,4-13,15H2,1H3,(H,26,31,32). The molecule has 0 spiro atoms. The Morgan fingerprint density at radius 1 is 1.06 bits per heavy atom. The fourth-order valence-corrected chi connectivity index (χ4v) is 5.67. The van der Waals surface area contributed by atoms with Crippen LogP contribution in [0.5, 0.6) is 0 Å². The van der Waals surface area contributed by atoms with Crippen LogP contribution in [0.4, 0.5) is 4.48 Å². The molecule has 1 N–H and O–H groups in total. The number of aryl methyl sites for hydroxylation is 1. The monoisotopic (exact) mass is 441 g/mol. The quantitative estimate of drug-likeness (QED) is 0.584. The molecule has 1 atom stereocenters. The number of rotatable bonds is 4. The number of fused-ring (bicyclic) bond motifs is 1. The normalized spacial score (nSPS) is 24.9. The van der Waals surface area contributed by atoms with Crippen molar-refractivity contribution in [1.29, 1.82) is 0 Å². The summed E-state index contributed by atoms with van der Waals surface area (Å²) in [5.41, 5.74) is 3.15. The third-order valence-electron chi connectivity index (χ3n) is 7.61. The molecule has 32 heavy (non-hydrogen) atoms. The Morgan fingerprint density at radius 2 is 1.81 bits per heavy atom. The van der Waals surface area contributed by atoms with Gasteiger partial charge in [0.05, 0.1) is 17.1 Å². The zero-order chi connectivity index (χ0) is 22.2. The van der Waals surface area contributed by atoms with Crippen LogP contribution in [-0.4, -0.2) is 64.3 Å². The van der Waals surface area contributed by atoms with Crippen molar-refractivity contribution in [1.82, 2.24) is 25.1 Å². The van der Waals surface area contributed by atoms with Crippen LogP contribution in [0.2, 0.25) is 0 Å². The van der Waals surface area contributed by atoms with Gasteiger partial charge in [-0.1, -0.05) is 12.1 Å². The third-order valence-corrected chi connectivity index (χ3v) is 7.61. The minimum absolute atomic E-state index is 0.201. The van der Waals surface area contributed by atoms with E-state index in [9.17, 15) is 14.1 Å². The van der Waals surface area contributed by atoms with Crippen LogP contribution in [0.15, 0.2) is 18.2 Å². The Morgan fingerprint density at radius 3 is 2.53 bits per heavy atom. The van der Waals surface area contributed by atoms with Gasteiger partial charge in [-0.05, 0) is 68.7 Å². The predicted octanol–water partition coefficient (Wildman–Crippen LogP) is 2.87. The molecule has 0 radical (unpaired) electrons. The number of piperidine rings is 3. The molecule has 3 saturated heterocycles. The fraction of sp³-hybridized carbons (Fsp3) is 0.625. The van der Waals surface area contributed by atoms with Gasteiger partial charge in [0.1, 0.15) is 0 Å². The highest BCUT2D eigenvalue weighted by molar-refractivity contribution is 6.02. The number of carbonyl (C=O) groups excluding carboxylic acids is 2. The van der Waals surface area contributed by atoms with Crippen LogP contribution in [0.25, 0.3) is 10.9 Å². The van der Waals surface area contributed by atoms with Gasteiger partial charge < -0.3 is 4.90 Å². The first kappa shape index (κ1) is 21.5. The SMILES string of the molecule is Cn1nc(C2CCC(=O)NC2=O)c2ccc(C3CCN(CC4CCN(F)CC4)CC3)cc21. The Hall–Kier alpha value is -2.32. The lowest BCUT2D eigenvalue weighted by molar-refractivity contribution is -0.134. The van der Waals surface area contributed by atoms with E-state index in [0.29, 0.717) is 37.8 Å². The fourth-order valence-electron chi connectivity index (χ4n) is 5.67. The highest BCUT2D eigenvalue weighted by atomic mass is 19.2. The van der Waals surface area contributed by atoms with Crippen molar-refractivity contribution < 1.29 is 14.1 Å². The van der Waals surface area contributed by atoms with E-state index >= 15 is 0 Å². The van der Waals surface area contributed by atoms with Gasteiger partial charge in [-0.25, -0.2) is 0 Å². The van der Waals surface area contributed by atoms with E-state index in [1.54, 1.807) is 0 Å². The van der Waals surface area contributed by atoms with Crippen molar-refractivity contribution in [2.75, 3.05) is 32.7 Å². The van der Waals surface area contributed by atoms with Crippen molar-refractivity contribution in [2.45, 2.75) is 50.4 Å². The van der Waals surface area contributed by atoms with Crippen LogP contribution >= 0.6 is 0 Å². The molecule has 1 aromatic heterocycles. The summed E-state index contributed by atoms with van der Waals surface area (Å²) in [6.45, 7) is 4.42. The zero-order valence-corrected chi connectivity index (χ0v) is 18.7. The van der Waals surface area contributed by atoms with Crippen molar-refractivity contribution in [3.63, 3.8) is 0 Å². The summed E-state index contributed by atoms with van der Waals surface area (Å²) in [5.74, 6) is 0.338. The summed E-state index contributed by atoms with van der Waals surface area (Å²) in [4.78, 5) is 26.4. The molecule has 0 saturated carbocycles. The average molecular weight is 442 g/mol. The number of aromatic nitrogens is 2. The lowest BCUT2D eigenvalue weighted by atomic mass is 9.87. The second-order valence-electron chi connectivity index (χ2n) is 9.72. The molecule has 3 aliphatic rings. The molecular formula is C24H32FN5O2. The molecule has 1 aromatic carbocycles. The first-order valence-corrected chi connectivity index (χ1v) is 11.9. The van der Waals surface area contributed by atoms with E-state index in [2.05, 4.69) is 33.5 Å².